The Kier molecular flexibility index (Phi) is 4.86. The summed E-state index contributed by atoms with van der Waals surface area (Å²) in [6.07, 6.45) is 0.241. The third-order valence-corrected chi connectivity index (χ3v) is 3.04. The van der Waals surface area contributed by atoms with Crippen LogP contribution in [0.4, 0.5) is 8.78 Å². The minimum Gasteiger partial charge on any atom is -0.409 e. The number of carbonyl (C=O) groups excluding carboxylic acids is 1. The predicted molar refractivity (Wildman–Crippen MR) is 62.6 cm³/mol. The molecule has 1 fully saturated rings. The van der Waals surface area contributed by atoms with Crippen LogP contribution in [0.2, 0.25) is 0 Å². The van der Waals surface area contributed by atoms with Gasteiger partial charge in [-0.2, -0.15) is 0 Å². The molecule has 1 aliphatic carbocycles. The molecule has 3 N–H and O–H groups in total. The fraction of sp³-hybridized carbons (Fsp3) is 0.818. The molecule has 1 amide bonds. The van der Waals surface area contributed by atoms with Crippen LogP contribution < -0.4 is 5.73 Å². The zero-order valence-electron chi connectivity index (χ0n) is 10.4. The second kappa shape index (κ2) is 5.97. The summed E-state index contributed by atoms with van der Waals surface area (Å²) in [4.78, 5) is 13.5. The number of amidine groups is 1. The lowest BCUT2D eigenvalue weighted by Crippen LogP contribution is -2.42. The predicted octanol–water partition coefficient (Wildman–Crippen LogP) is 1.41. The number of carbonyl (C=O) groups is 1. The molecule has 0 heterocycles. The standard InChI is InChI=1S/C11H19F2N3O2/c1-2-5-16(7-9(14)15-18)10(17)8-3-4-11(12,13)6-8/h8,18H,2-7H2,1H3,(H2,14,15). The van der Waals surface area contributed by atoms with E-state index in [1.165, 1.54) is 4.90 Å². The van der Waals surface area contributed by atoms with Crippen LogP contribution in [0.3, 0.4) is 0 Å². The highest BCUT2D eigenvalue weighted by Gasteiger charge is 2.43. The molecule has 0 aliphatic heterocycles. The van der Waals surface area contributed by atoms with E-state index >= 15 is 0 Å². The smallest absolute Gasteiger partial charge is 0.248 e. The maximum atomic E-state index is 13.1. The SMILES string of the molecule is CCCN(CC(N)=NO)C(=O)C1CCC(F)(F)C1. The van der Waals surface area contributed by atoms with Gasteiger partial charge in [-0.25, -0.2) is 8.78 Å². The van der Waals surface area contributed by atoms with Gasteiger partial charge in [-0.1, -0.05) is 12.1 Å². The lowest BCUT2D eigenvalue weighted by molar-refractivity contribution is -0.135. The Hall–Kier alpha value is -1.40. The fourth-order valence-electron chi connectivity index (χ4n) is 2.18. The first-order valence-electron chi connectivity index (χ1n) is 6.02. The zero-order chi connectivity index (χ0) is 13.8. The summed E-state index contributed by atoms with van der Waals surface area (Å²) in [5.74, 6) is -3.82. The molecule has 0 bridgehead atoms. The molecule has 104 valence electrons. The third kappa shape index (κ3) is 3.82. The average molecular weight is 263 g/mol. The van der Waals surface area contributed by atoms with Crippen molar-refractivity contribution in [2.45, 2.75) is 38.5 Å². The summed E-state index contributed by atoms with van der Waals surface area (Å²) >= 11 is 0. The highest BCUT2D eigenvalue weighted by atomic mass is 19.3. The molecule has 0 spiro atoms. The van der Waals surface area contributed by atoms with Crippen molar-refractivity contribution >= 4 is 11.7 Å². The molecule has 0 aromatic rings. The van der Waals surface area contributed by atoms with Crippen LogP contribution in [-0.4, -0.2) is 40.9 Å². The molecule has 1 saturated carbocycles. The van der Waals surface area contributed by atoms with Crippen LogP contribution in [0.5, 0.6) is 0 Å². The Morgan fingerprint density at radius 1 is 1.61 bits per heavy atom. The fourth-order valence-corrected chi connectivity index (χ4v) is 2.18. The van der Waals surface area contributed by atoms with Crippen LogP contribution in [0.25, 0.3) is 0 Å². The van der Waals surface area contributed by atoms with E-state index in [2.05, 4.69) is 5.16 Å². The minimum atomic E-state index is -2.74. The quantitative estimate of drug-likeness (QED) is 0.340. The summed E-state index contributed by atoms with van der Waals surface area (Å²) in [7, 11) is 0. The van der Waals surface area contributed by atoms with Crippen molar-refractivity contribution in [3.63, 3.8) is 0 Å². The summed E-state index contributed by atoms with van der Waals surface area (Å²) in [6.45, 7) is 2.26. The van der Waals surface area contributed by atoms with E-state index in [9.17, 15) is 13.6 Å². The van der Waals surface area contributed by atoms with Gasteiger partial charge in [-0.15, -0.1) is 0 Å². The van der Waals surface area contributed by atoms with Gasteiger partial charge < -0.3 is 15.8 Å². The number of halogens is 2. The van der Waals surface area contributed by atoms with Gasteiger partial charge in [-0.05, 0) is 12.8 Å². The number of alkyl halides is 2. The van der Waals surface area contributed by atoms with E-state index in [1.54, 1.807) is 0 Å². The van der Waals surface area contributed by atoms with Crippen molar-refractivity contribution in [1.82, 2.24) is 4.90 Å². The lowest BCUT2D eigenvalue weighted by Gasteiger charge is -2.24. The summed E-state index contributed by atoms with van der Waals surface area (Å²) < 4.78 is 26.1. The van der Waals surface area contributed by atoms with Gasteiger partial charge in [0.15, 0.2) is 5.84 Å². The van der Waals surface area contributed by atoms with Crippen LogP contribution >= 0.6 is 0 Å². The molecule has 0 saturated heterocycles. The van der Waals surface area contributed by atoms with Crippen molar-refractivity contribution in [3.05, 3.63) is 0 Å². The lowest BCUT2D eigenvalue weighted by atomic mass is 10.1. The Morgan fingerprint density at radius 2 is 2.28 bits per heavy atom. The molecule has 1 atom stereocenters. The van der Waals surface area contributed by atoms with Crippen LogP contribution in [0.1, 0.15) is 32.6 Å². The van der Waals surface area contributed by atoms with Crippen LogP contribution in [-0.2, 0) is 4.79 Å². The van der Waals surface area contributed by atoms with E-state index < -0.39 is 18.3 Å². The molecular formula is C11H19F2N3O2. The Labute approximate surface area is 105 Å². The van der Waals surface area contributed by atoms with Crippen molar-refractivity contribution in [3.8, 4) is 0 Å². The minimum absolute atomic E-state index is 0.0226. The highest BCUT2D eigenvalue weighted by molar-refractivity contribution is 5.87. The topological polar surface area (TPSA) is 78.9 Å². The molecule has 0 aromatic heterocycles. The van der Waals surface area contributed by atoms with E-state index in [4.69, 9.17) is 10.9 Å². The summed E-state index contributed by atoms with van der Waals surface area (Å²) in [5, 5.41) is 11.3. The molecule has 0 radical (unpaired) electrons. The average Bonchev–Trinajstić information content (AvgIpc) is 2.68. The van der Waals surface area contributed by atoms with Crippen molar-refractivity contribution < 1.29 is 18.8 Å². The number of nitrogens with two attached hydrogens (primary N) is 1. The molecule has 5 nitrogen and oxygen atoms in total. The number of nitrogens with zero attached hydrogens (tertiary/aromatic N) is 2. The number of hydrogen-bond acceptors (Lipinski definition) is 3. The van der Waals surface area contributed by atoms with Gasteiger partial charge in [0.2, 0.25) is 11.8 Å². The number of rotatable bonds is 5. The van der Waals surface area contributed by atoms with Gasteiger partial charge in [0.25, 0.3) is 0 Å². The van der Waals surface area contributed by atoms with E-state index in [-0.39, 0.29) is 31.1 Å². The maximum Gasteiger partial charge on any atom is 0.248 e. The van der Waals surface area contributed by atoms with Crippen LogP contribution in [0.15, 0.2) is 5.16 Å². The van der Waals surface area contributed by atoms with Gasteiger partial charge >= 0.3 is 0 Å². The summed E-state index contributed by atoms with van der Waals surface area (Å²) in [6, 6.07) is 0. The zero-order valence-corrected chi connectivity index (χ0v) is 10.4. The normalized spacial score (nSPS) is 23.1. The van der Waals surface area contributed by atoms with Crippen molar-refractivity contribution in [2.24, 2.45) is 16.8 Å². The first kappa shape index (κ1) is 14.7. The van der Waals surface area contributed by atoms with E-state index in [0.717, 1.165) is 0 Å². The highest BCUT2D eigenvalue weighted by Crippen LogP contribution is 2.39. The maximum absolute atomic E-state index is 13.1. The van der Waals surface area contributed by atoms with Gasteiger partial charge in [-0.3, -0.25) is 4.79 Å². The number of amides is 1. The first-order chi connectivity index (χ1) is 8.39. The first-order valence-corrected chi connectivity index (χ1v) is 6.02. The molecule has 18 heavy (non-hydrogen) atoms. The Bertz CT molecular complexity index is 334. The van der Waals surface area contributed by atoms with Crippen molar-refractivity contribution in [1.29, 1.82) is 0 Å². The van der Waals surface area contributed by atoms with E-state index in [0.29, 0.717) is 13.0 Å². The Balaban J connectivity index is 2.65. The molecular weight excluding hydrogens is 244 g/mol. The molecule has 7 heteroatoms. The van der Waals surface area contributed by atoms with Gasteiger partial charge in [0.05, 0.1) is 6.54 Å². The molecule has 1 rings (SSSR count). The van der Waals surface area contributed by atoms with E-state index in [1.807, 2.05) is 6.92 Å². The Morgan fingerprint density at radius 3 is 2.72 bits per heavy atom. The van der Waals surface area contributed by atoms with Gasteiger partial charge in [0.1, 0.15) is 0 Å². The third-order valence-electron chi connectivity index (χ3n) is 3.04. The molecule has 1 unspecified atom stereocenters. The molecule has 0 aromatic carbocycles. The number of hydrogen-bond donors (Lipinski definition) is 2. The summed E-state index contributed by atoms with van der Waals surface area (Å²) in [5.41, 5.74) is 5.35. The van der Waals surface area contributed by atoms with Gasteiger partial charge in [0, 0.05) is 25.3 Å². The number of oxime groups is 1. The van der Waals surface area contributed by atoms with Crippen LogP contribution in [0, 0.1) is 5.92 Å². The monoisotopic (exact) mass is 263 g/mol. The second-order valence-corrected chi connectivity index (χ2v) is 4.65. The second-order valence-electron chi connectivity index (χ2n) is 4.65. The largest absolute Gasteiger partial charge is 0.409 e. The molecule has 1 aliphatic rings. The van der Waals surface area contributed by atoms with Crippen molar-refractivity contribution in [2.75, 3.05) is 13.1 Å².